The zero-order chi connectivity index (χ0) is 18.0. The number of ether oxygens (including phenoxy) is 1. The Morgan fingerprint density at radius 1 is 1.42 bits per heavy atom. The number of likely N-dealkylation sites (tertiary alicyclic amines) is 1. The van der Waals surface area contributed by atoms with Crippen LogP contribution in [0.1, 0.15) is 29.0 Å². The molecule has 1 spiro atoms. The molecule has 1 atom stereocenters. The summed E-state index contributed by atoms with van der Waals surface area (Å²) in [5.74, 6) is 0.834. The van der Waals surface area contributed by atoms with Crippen LogP contribution < -0.4 is 5.32 Å². The van der Waals surface area contributed by atoms with Crippen LogP contribution in [0.4, 0.5) is 0 Å². The second kappa shape index (κ2) is 7.17. The molecule has 2 aromatic heterocycles. The van der Waals surface area contributed by atoms with Crippen molar-refractivity contribution in [1.82, 2.24) is 24.8 Å². The Hall–Kier alpha value is -2.25. The van der Waals surface area contributed by atoms with E-state index in [1.165, 1.54) is 5.56 Å². The van der Waals surface area contributed by atoms with Crippen molar-refractivity contribution in [2.75, 3.05) is 26.2 Å². The molecule has 2 aromatic rings. The first-order valence-corrected chi connectivity index (χ1v) is 9.17. The molecule has 0 saturated carbocycles. The molecule has 7 heteroatoms. The Kier molecular flexibility index (Phi) is 4.74. The van der Waals surface area contributed by atoms with E-state index in [0.717, 1.165) is 39.1 Å². The Balaban J connectivity index is 1.26. The molecule has 2 saturated heterocycles. The minimum absolute atomic E-state index is 0.0316. The van der Waals surface area contributed by atoms with Gasteiger partial charge in [-0.3, -0.25) is 14.7 Å². The summed E-state index contributed by atoms with van der Waals surface area (Å²) in [5.41, 5.74) is 1.20. The third kappa shape index (κ3) is 3.37. The number of nitrogens with one attached hydrogen (secondary N) is 1. The molecule has 1 amide bonds. The molecule has 26 heavy (non-hydrogen) atoms. The van der Waals surface area contributed by atoms with Crippen LogP contribution in [0.2, 0.25) is 0 Å². The van der Waals surface area contributed by atoms with E-state index in [2.05, 4.69) is 26.3 Å². The molecular formula is C19H25N5O2. The van der Waals surface area contributed by atoms with Gasteiger partial charge in [0, 0.05) is 64.6 Å². The highest BCUT2D eigenvalue weighted by atomic mass is 16.5. The van der Waals surface area contributed by atoms with Gasteiger partial charge < -0.3 is 14.6 Å². The SMILES string of the molecule is Cn1ccnc1C(=O)NCCC1CCOC12CN(Cc1cccnc1)C2. The van der Waals surface area contributed by atoms with Crippen LogP contribution in [0.5, 0.6) is 0 Å². The van der Waals surface area contributed by atoms with Gasteiger partial charge in [-0.2, -0.15) is 0 Å². The van der Waals surface area contributed by atoms with Crippen molar-refractivity contribution in [3.05, 3.63) is 48.3 Å². The van der Waals surface area contributed by atoms with Gasteiger partial charge in [-0.1, -0.05) is 6.07 Å². The molecular weight excluding hydrogens is 330 g/mol. The van der Waals surface area contributed by atoms with Crippen LogP contribution >= 0.6 is 0 Å². The lowest BCUT2D eigenvalue weighted by molar-refractivity contribution is -0.136. The normalized spacial score (nSPS) is 21.7. The molecule has 0 aliphatic carbocycles. The van der Waals surface area contributed by atoms with Gasteiger partial charge in [0.05, 0.1) is 5.60 Å². The van der Waals surface area contributed by atoms with Gasteiger partial charge in [0.2, 0.25) is 0 Å². The first kappa shape index (κ1) is 17.2. The fourth-order valence-corrected chi connectivity index (χ4v) is 4.14. The van der Waals surface area contributed by atoms with Crippen LogP contribution in [-0.2, 0) is 18.3 Å². The summed E-state index contributed by atoms with van der Waals surface area (Å²) in [6, 6.07) is 4.09. The number of aryl methyl sites for hydroxylation is 1. The molecule has 0 aromatic carbocycles. The quantitative estimate of drug-likeness (QED) is 0.844. The maximum absolute atomic E-state index is 12.2. The average Bonchev–Trinajstić information content (AvgIpc) is 3.22. The molecule has 1 unspecified atom stereocenters. The number of imidazole rings is 1. The van der Waals surface area contributed by atoms with Crippen LogP contribution in [0.3, 0.4) is 0 Å². The molecule has 2 fully saturated rings. The first-order chi connectivity index (χ1) is 12.7. The van der Waals surface area contributed by atoms with E-state index in [-0.39, 0.29) is 11.5 Å². The largest absolute Gasteiger partial charge is 0.372 e. The van der Waals surface area contributed by atoms with Crippen molar-refractivity contribution in [2.24, 2.45) is 13.0 Å². The molecule has 4 rings (SSSR count). The molecule has 7 nitrogen and oxygen atoms in total. The average molecular weight is 355 g/mol. The molecule has 4 heterocycles. The van der Waals surface area contributed by atoms with Crippen molar-refractivity contribution >= 4 is 5.91 Å². The van der Waals surface area contributed by atoms with Crippen molar-refractivity contribution in [2.45, 2.75) is 25.0 Å². The van der Waals surface area contributed by atoms with E-state index in [0.29, 0.717) is 18.3 Å². The van der Waals surface area contributed by atoms with Crippen molar-refractivity contribution in [3.63, 3.8) is 0 Å². The predicted octanol–water partition coefficient (Wildman–Crippen LogP) is 1.23. The zero-order valence-corrected chi connectivity index (χ0v) is 15.1. The van der Waals surface area contributed by atoms with Crippen LogP contribution in [0.15, 0.2) is 36.9 Å². The second-order valence-electron chi connectivity index (χ2n) is 7.31. The monoisotopic (exact) mass is 355 g/mol. The maximum Gasteiger partial charge on any atom is 0.287 e. The van der Waals surface area contributed by atoms with Crippen LogP contribution in [0.25, 0.3) is 0 Å². The first-order valence-electron chi connectivity index (χ1n) is 9.17. The van der Waals surface area contributed by atoms with Gasteiger partial charge in [0.1, 0.15) is 0 Å². The molecule has 138 valence electrons. The van der Waals surface area contributed by atoms with Gasteiger partial charge in [-0.15, -0.1) is 0 Å². The van der Waals surface area contributed by atoms with Crippen molar-refractivity contribution in [1.29, 1.82) is 0 Å². The van der Waals surface area contributed by atoms with Crippen LogP contribution in [0, 0.1) is 5.92 Å². The smallest absolute Gasteiger partial charge is 0.287 e. The number of hydrogen-bond acceptors (Lipinski definition) is 5. The highest BCUT2D eigenvalue weighted by molar-refractivity contribution is 5.90. The lowest BCUT2D eigenvalue weighted by Crippen LogP contribution is -2.64. The summed E-state index contributed by atoms with van der Waals surface area (Å²) >= 11 is 0. The number of aromatic nitrogens is 3. The third-order valence-electron chi connectivity index (χ3n) is 5.51. The number of carbonyl (C=O) groups excluding carboxylic acids is 1. The number of nitrogens with zero attached hydrogens (tertiary/aromatic N) is 4. The van der Waals surface area contributed by atoms with E-state index in [4.69, 9.17) is 4.74 Å². The van der Waals surface area contributed by atoms with Gasteiger partial charge in [0.15, 0.2) is 5.82 Å². The molecule has 1 N–H and O–H groups in total. The second-order valence-corrected chi connectivity index (χ2v) is 7.31. The van der Waals surface area contributed by atoms with Gasteiger partial charge in [0.25, 0.3) is 5.91 Å². The number of carbonyl (C=O) groups is 1. The summed E-state index contributed by atoms with van der Waals surface area (Å²) in [5, 5.41) is 2.99. The third-order valence-corrected chi connectivity index (χ3v) is 5.51. The Bertz CT molecular complexity index is 754. The van der Waals surface area contributed by atoms with Gasteiger partial charge in [-0.25, -0.2) is 4.98 Å². The topological polar surface area (TPSA) is 72.3 Å². The Morgan fingerprint density at radius 3 is 3.04 bits per heavy atom. The van der Waals surface area contributed by atoms with Crippen molar-refractivity contribution < 1.29 is 9.53 Å². The van der Waals surface area contributed by atoms with Gasteiger partial charge >= 0.3 is 0 Å². The minimum Gasteiger partial charge on any atom is -0.372 e. The van der Waals surface area contributed by atoms with E-state index in [1.807, 2.05) is 19.3 Å². The standard InChI is InChI=1S/C19H25N5O2/c1-23-9-8-21-17(23)18(25)22-7-4-16-5-10-26-19(16)13-24(14-19)12-15-3-2-6-20-11-15/h2-3,6,8-9,11,16H,4-5,7,10,12-14H2,1H3,(H,22,25). The fraction of sp³-hybridized carbons (Fsp3) is 0.526. The maximum atomic E-state index is 12.2. The van der Waals surface area contributed by atoms with E-state index < -0.39 is 0 Å². The summed E-state index contributed by atoms with van der Waals surface area (Å²) in [4.78, 5) is 22.8. The number of amides is 1. The number of hydrogen-bond donors (Lipinski definition) is 1. The van der Waals surface area contributed by atoms with E-state index in [9.17, 15) is 4.79 Å². The lowest BCUT2D eigenvalue weighted by atomic mass is 9.79. The molecule has 0 radical (unpaired) electrons. The number of rotatable bonds is 6. The molecule has 2 aliphatic heterocycles. The Labute approximate surface area is 153 Å². The van der Waals surface area contributed by atoms with E-state index in [1.54, 1.807) is 23.2 Å². The van der Waals surface area contributed by atoms with E-state index >= 15 is 0 Å². The molecule has 2 aliphatic rings. The summed E-state index contributed by atoms with van der Waals surface area (Å²) < 4.78 is 7.85. The van der Waals surface area contributed by atoms with Crippen molar-refractivity contribution in [3.8, 4) is 0 Å². The molecule has 0 bridgehead atoms. The lowest BCUT2D eigenvalue weighted by Gasteiger charge is -2.50. The van der Waals surface area contributed by atoms with Gasteiger partial charge in [-0.05, 0) is 30.4 Å². The summed E-state index contributed by atoms with van der Waals surface area (Å²) in [7, 11) is 1.83. The summed E-state index contributed by atoms with van der Waals surface area (Å²) in [6.45, 7) is 4.31. The predicted molar refractivity (Wildman–Crippen MR) is 96.5 cm³/mol. The summed E-state index contributed by atoms with van der Waals surface area (Å²) in [6.07, 6.45) is 9.15. The highest BCUT2D eigenvalue weighted by Gasteiger charge is 2.52. The zero-order valence-electron chi connectivity index (χ0n) is 15.1. The minimum atomic E-state index is -0.114. The van der Waals surface area contributed by atoms with Crippen LogP contribution in [-0.4, -0.2) is 57.2 Å². The Morgan fingerprint density at radius 2 is 2.31 bits per heavy atom. The fourth-order valence-electron chi connectivity index (χ4n) is 4.14. The highest BCUT2D eigenvalue weighted by Crippen LogP contribution is 2.41. The number of pyridine rings is 1.